The molecule has 15 heavy (non-hydrogen) atoms. The molecule has 0 aliphatic rings. The van der Waals surface area contributed by atoms with E-state index in [4.69, 9.17) is 0 Å². The molecule has 1 unspecified atom stereocenters. The normalized spacial score (nSPS) is 11.7. The maximum absolute atomic E-state index is 11.5. The van der Waals surface area contributed by atoms with Crippen LogP contribution in [0.2, 0.25) is 0 Å². The molecule has 0 aliphatic heterocycles. The Bertz CT molecular complexity index is 262. The molecule has 1 atom stereocenters. The minimum absolute atomic E-state index is 0.0526. The molecule has 0 saturated heterocycles. The smallest absolute Gasteiger partial charge is 0.315 e. The predicted octanol–water partition coefficient (Wildman–Crippen LogP) is 0.233. The first-order chi connectivity index (χ1) is 6.93. The molecule has 0 heterocycles. The van der Waals surface area contributed by atoms with Crippen LogP contribution in [0, 0.1) is 5.92 Å². The zero-order valence-electron chi connectivity index (χ0n) is 9.57. The lowest BCUT2D eigenvalue weighted by Crippen LogP contribution is -2.36. The second-order valence-corrected chi connectivity index (χ2v) is 3.31. The third kappa shape index (κ3) is 4.10. The van der Waals surface area contributed by atoms with E-state index < -0.39 is 11.9 Å². The van der Waals surface area contributed by atoms with Crippen molar-refractivity contribution in [1.82, 2.24) is 4.90 Å². The van der Waals surface area contributed by atoms with Crippen molar-refractivity contribution >= 4 is 17.7 Å². The highest BCUT2D eigenvalue weighted by atomic mass is 16.5. The Morgan fingerprint density at radius 3 is 2.27 bits per heavy atom. The van der Waals surface area contributed by atoms with Gasteiger partial charge in [0.25, 0.3) is 0 Å². The van der Waals surface area contributed by atoms with Gasteiger partial charge in [-0.05, 0) is 6.92 Å². The van der Waals surface area contributed by atoms with Crippen molar-refractivity contribution in [2.24, 2.45) is 5.92 Å². The van der Waals surface area contributed by atoms with Gasteiger partial charge in [-0.15, -0.1) is 0 Å². The van der Waals surface area contributed by atoms with Crippen LogP contribution in [0.25, 0.3) is 0 Å². The Hall–Kier alpha value is -1.39. The fraction of sp³-hybridized carbons (Fsp3) is 0.700. The van der Waals surface area contributed by atoms with Gasteiger partial charge in [0.2, 0.25) is 5.91 Å². The highest BCUT2D eigenvalue weighted by molar-refractivity contribution is 6.00. The molecule has 1 amide bonds. The summed E-state index contributed by atoms with van der Waals surface area (Å²) in [6, 6.07) is 0. The highest BCUT2D eigenvalue weighted by Crippen LogP contribution is 2.02. The number of Topliss-reactive ketones (excluding diaryl/α,β-unsaturated/α-hetero) is 1. The SMILES string of the molecule is CCC(=O)N(C)CC(=O)C(C)C(=O)OC. The van der Waals surface area contributed by atoms with Gasteiger partial charge in [-0.2, -0.15) is 0 Å². The van der Waals surface area contributed by atoms with Gasteiger partial charge in [-0.3, -0.25) is 14.4 Å². The number of ether oxygens (including phenoxy) is 1. The topological polar surface area (TPSA) is 63.7 Å². The van der Waals surface area contributed by atoms with E-state index in [1.54, 1.807) is 6.92 Å². The van der Waals surface area contributed by atoms with Crippen LogP contribution in [0.5, 0.6) is 0 Å². The number of esters is 1. The monoisotopic (exact) mass is 215 g/mol. The number of methoxy groups -OCH3 is 1. The van der Waals surface area contributed by atoms with Crippen LogP contribution >= 0.6 is 0 Å². The quantitative estimate of drug-likeness (QED) is 0.486. The van der Waals surface area contributed by atoms with Crippen LogP contribution in [-0.2, 0) is 19.1 Å². The molecule has 0 saturated carbocycles. The van der Waals surface area contributed by atoms with Crippen LogP contribution in [0.15, 0.2) is 0 Å². The molecular weight excluding hydrogens is 198 g/mol. The summed E-state index contributed by atoms with van der Waals surface area (Å²) in [5.41, 5.74) is 0. The Kier molecular flexibility index (Phi) is 5.59. The predicted molar refractivity (Wildman–Crippen MR) is 54.1 cm³/mol. The molecule has 0 rings (SSSR count). The van der Waals surface area contributed by atoms with E-state index >= 15 is 0 Å². The third-order valence-corrected chi connectivity index (χ3v) is 2.16. The number of likely N-dealkylation sites (N-methyl/N-ethyl adjacent to an activating group) is 1. The first-order valence-corrected chi connectivity index (χ1v) is 4.78. The number of ketones is 1. The van der Waals surface area contributed by atoms with E-state index in [1.807, 2.05) is 0 Å². The van der Waals surface area contributed by atoms with Crippen LogP contribution in [-0.4, -0.2) is 43.3 Å². The Morgan fingerprint density at radius 1 is 1.33 bits per heavy atom. The van der Waals surface area contributed by atoms with Crippen molar-refractivity contribution < 1.29 is 19.1 Å². The van der Waals surface area contributed by atoms with Crippen LogP contribution in [0.1, 0.15) is 20.3 Å². The second kappa shape index (κ2) is 6.16. The molecule has 0 fully saturated rings. The van der Waals surface area contributed by atoms with Gasteiger partial charge in [0.15, 0.2) is 5.78 Å². The summed E-state index contributed by atoms with van der Waals surface area (Å²) in [6.07, 6.45) is 0.344. The molecule has 5 nitrogen and oxygen atoms in total. The average Bonchev–Trinajstić information content (AvgIpc) is 2.25. The first kappa shape index (κ1) is 13.6. The zero-order chi connectivity index (χ0) is 12.0. The molecule has 0 bridgehead atoms. The van der Waals surface area contributed by atoms with Crippen molar-refractivity contribution in [3.63, 3.8) is 0 Å². The van der Waals surface area contributed by atoms with E-state index in [-0.39, 0.29) is 18.2 Å². The van der Waals surface area contributed by atoms with Crippen molar-refractivity contribution in [3.05, 3.63) is 0 Å². The number of amides is 1. The fourth-order valence-electron chi connectivity index (χ4n) is 1.04. The van der Waals surface area contributed by atoms with Crippen molar-refractivity contribution in [2.75, 3.05) is 20.7 Å². The van der Waals surface area contributed by atoms with Crippen LogP contribution < -0.4 is 0 Å². The van der Waals surface area contributed by atoms with E-state index in [0.29, 0.717) is 6.42 Å². The molecule has 0 N–H and O–H groups in total. The summed E-state index contributed by atoms with van der Waals surface area (Å²) in [4.78, 5) is 35.0. The summed E-state index contributed by atoms with van der Waals surface area (Å²) >= 11 is 0. The van der Waals surface area contributed by atoms with Gasteiger partial charge in [0.1, 0.15) is 5.92 Å². The molecule has 0 radical (unpaired) electrons. The number of hydrogen-bond donors (Lipinski definition) is 0. The van der Waals surface area contributed by atoms with E-state index in [1.165, 1.54) is 26.0 Å². The third-order valence-electron chi connectivity index (χ3n) is 2.16. The lowest BCUT2D eigenvalue weighted by molar-refractivity contribution is -0.149. The van der Waals surface area contributed by atoms with Gasteiger partial charge < -0.3 is 9.64 Å². The largest absolute Gasteiger partial charge is 0.468 e. The maximum atomic E-state index is 11.5. The maximum Gasteiger partial charge on any atom is 0.315 e. The van der Waals surface area contributed by atoms with Gasteiger partial charge >= 0.3 is 5.97 Å². The zero-order valence-corrected chi connectivity index (χ0v) is 9.57. The summed E-state index contributed by atoms with van der Waals surface area (Å²) in [5, 5.41) is 0. The Balaban J connectivity index is 4.24. The minimum atomic E-state index is -0.817. The molecule has 5 heteroatoms. The molecule has 0 aromatic heterocycles. The van der Waals surface area contributed by atoms with Crippen LogP contribution in [0.3, 0.4) is 0 Å². The second-order valence-electron chi connectivity index (χ2n) is 3.31. The molecule has 0 aliphatic carbocycles. The molecule has 0 aromatic rings. The molecule has 86 valence electrons. The number of carbonyl (C=O) groups excluding carboxylic acids is 3. The molecule has 0 spiro atoms. The van der Waals surface area contributed by atoms with Crippen molar-refractivity contribution in [3.8, 4) is 0 Å². The standard InChI is InChI=1S/C10H17NO4/c1-5-9(13)11(3)6-8(12)7(2)10(14)15-4/h7H,5-6H2,1-4H3. The van der Waals surface area contributed by atoms with E-state index in [2.05, 4.69) is 4.74 Å². The number of rotatable bonds is 5. The minimum Gasteiger partial charge on any atom is -0.468 e. The summed E-state index contributed by atoms with van der Waals surface area (Å²) < 4.78 is 4.44. The van der Waals surface area contributed by atoms with Gasteiger partial charge in [0.05, 0.1) is 13.7 Å². The summed E-state index contributed by atoms with van der Waals surface area (Å²) in [5.74, 6) is -1.83. The average molecular weight is 215 g/mol. The summed E-state index contributed by atoms with van der Waals surface area (Å²) in [7, 11) is 2.76. The van der Waals surface area contributed by atoms with Crippen molar-refractivity contribution in [2.45, 2.75) is 20.3 Å². The Morgan fingerprint density at radius 2 is 1.87 bits per heavy atom. The lowest BCUT2D eigenvalue weighted by Gasteiger charge is -2.17. The number of hydrogen-bond acceptors (Lipinski definition) is 4. The first-order valence-electron chi connectivity index (χ1n) is 4.78. The fourth-order valence-corrected chi connectivity index (χ4v) is 1.04. The van der Waals surface area contributed by atoms with E-state index in [9.17, 15) is 14.4 Å². The molecule has 0 aromatic carbocycles. The van der Waals surface area contributed by atoms with Crippen molar-refractivity contribution in [1.29, 1.82) is 0 Å². The highest BCUT2D eigenvalue weighted by Gasteiger charge is 2.23. The van der Waals surface area contributed by atoms with Crippen LogP contribution in [0.4, 0.5) is 0 Å². The Labute approximate surface area is 89.4 Å². The number of nitrogens with zero attached hydrogens (tertiary/aromatic N) is 1. The molecular formula is C10H17NO4. The lowest BCUT2D eigenvalue weighted by atomic mass is 10.1. The van der Waals surface area contributed by atoms with Gasteiger partial charge in [-0.1, -0.05) is 6.92 Å². The summed E-state index contributed by atoms with van der Waals surface area (Å²) in [6.45, 7) is 3.13. The number of carbonyl (C=O) groups is 3. The van der Waals surface area contributed by atoms with Gasteiger partial charge in [0, 0.05) is 13.5 Å². The van der Waals surface area contributed by atoms with E-state index in [0.717, 1.165) is 0 Å². The van der Waals surface area contributed by atoms with Gasteiger partial charge in [-0.25, -0.2) is 0 Å².